The lowest BCUT2D eigenvalue weighted by Gasteiger charge is -2.17. The van der Waals surface area contributed by atoms with Gasteiger partial charge < -0.3 is 14.8 Å². The first-order chi connectivity index (χ1) is 12.7. The molecule has 1 saturated heterocycles. The van der Waals surface area contributed by atoms with Crippen LogP contribution in [0.2, 0.25) is 0 Å². The maximum Gasteiger partial charge on any atom is 0.264 e. The number of benzene rings is 1. The van der Waals surface area contributed by atoms with Crippen LogP contribution in [0.25, 0.3) is 6.08 Å². The van der Waals surface area contributed by atoms with Crippen LogP contribution in [-0.4, -0.2) is 30.8 Å². The molecule has 140 valence electrons. The summed E-state index contributed by atoms with van der Waals surface area (Å²) in [6, 6.07) is 6.05. The molecule has 5 nitrogen and oxygen atoms in total. The van der Waals surface area contributed by atoms with E-state index in [1.165, 1.54) is 31.0 Å². The number of aliphatic imine (C=N–C) groups is 1. The molecule has 2 fully saturated rings. The standard InChI is InChI=1S/C20H26N2O3S/c1-3-11-25-17-12-14(9-10-16(17)24-2)13-18-19(23)22-20(26-18)21-15-7-5-4-6-8-15/h9-10,12-13,15H,3-8,11H2,1-2H3,(H,21,22,23)/b18-13-. The first kappa shape index (κ1) is 18.8. The number of carbonyl (C=O) groups excluding carboxylic acids is 1. The van der Waals surface area contributed by atoms with Crippen LogP contribution in [0, 0.1) is 0 Å². The van der Waals surface area contributed by atoms with Crippen molar-refractivity contribution in [3.05, 3.63) is 28.7 Å². The lowest BCUT2D eigenvalue weighted by atomic mass is 9.96. The number of ether oxygens (including phenoxy) is 2. The number of hydrogen-bond acceptors (Lipinski definition) is 5. The van der Waals surface area contributed by atoms with Gasteiger partial charge in [0.1, 0.15) is 0 Å². The van der Waals surface area contributed by atoms with Crippen LogP contribution < -0.4 is 14.8 Å². The van der Waals surface area contributed by atoms with Crippen LogP contribution in [0.3, 0.4) is 0 Å². The predicted molar refractivity (Wildman–Crippen MR) is 107 cm³/mol. The lowest BCUT2D eigenvalue weighted by Crippen LogP contribution is -2.22. The van der Waals surface area contributed by atoms with Crippen molar-refractivity contribution in [3.8, 4) is 11.5 Å². The first-order valence-corrected chi connectivity index (χ1v) is 10.1. The van der Waals surface area contributed by atoms with Gasteiger partial charge in [0.05, 0.1) is 24.7 Å². The van der Waals surface area contributed by atoms with Gasteiger partial charge in [-0.05, 0) is 54.8 Å². The Bertz CT molecular complexity index is 709. The largest absolute Gasteiger partial charge is 0.493 e. The van der Waals surface area contributed by atoms with Crippen LogP contribution in [0.4, 0.5) is 0 Å². The zero-order chi connectivity index (χ0) is 18.4. The van der Waals surface area contributed by atoms with Crippen LogP contribution in [-0.2, 0) is 4.79 Å². The average Bonchev–Trinajstić information content (AvgIpc) is 3.00. The zero-order valence-corrected chi connectivity index (χ0v) is 16.2. The molecule has 0 aromatic heterocycles. The molecule has 0 atom stereocenters. The fraction of sp³-hybridized carbons (Fsp3) is 0.500. The third kappa shape index (κ3) is 4.81. The Labute approximate surface area is 159 Å². The van der Waals surface area contributed by atoms with Crippen molar-refractivity contribution in [2.24, 2.45) is 4.99 Å². The summed E-state index contributed by atoms with van der Waals surface area (Å²) in [6.07, 6.45) is 8.80. The smallest absolute Gasteiger partial charge is 0.264 e. The summed E-state index contributed by atoms with van der Waals surface area (Å²) in [5.74, 6) is 1.31. The van der Waals surface area contributed by atoms with Gasteiger partial charge in [0.2, 0.25) is 0 Å². The second-order valence-corrected chi connectivity index (χ2v) is 7.58. The number of rotatable bonds is 6. The van der Waals surface area contributed by atoms with E-state index in [0.29, 0.717) is 29.1 Å². The maximum atomic E-state index is 12.3. The van der Waals surface area contributed by atoms with E-state index in [1.807, 2.05) is 24.3 Å². The highest BCUT2D eigenvalue weighted by Gasteiger charge is 2.25. The Balaban J connectivity index is 1.74. The van der Waals surface area contributed by atoms with Gasteiger partial charge in [-0.2, -0.15) is 0 Å². The summed E-state index contributed by atoms with van der Waals surface area (Å²) in [4.78, 5) is 17.7. The summed E-state index contributed by atoms with van der Waals surface area (Å²) in [7, 11) is 1.63. The fourth-order valence-electron chi connectivity index (χ4n) is 3.12. The molecule has 2 aliphatic rings. The van der Waals surface area contributed by atoms with Gasteiger partial charge in [-0.25, -0.2) is 0 Å². The van der Waals surface area contributed by atoms with Gasteiger partial charge in [-0.1, -0.05) is 32.3 Å². The number of carbonyl (C=O) groups is 1. The third-order valence-electron chi connectivity index (χ3n) is 4.47. The van der Waals surface area contributed by atoms with E-state index in [-0.39, 0.29) is 5.91 Å². The van der Waals surface area contributed by atoms with E-state index in [2.05, 4.69) is 12.2 Å². The molecule has 1 saturated carbocycles. The topological polar surface area (TPSA) is 59.9 Å². The second-order valence-electron chi connectivity index (χ2n) is 6.55. The molecule has 1 aromatic carbocycles. The normalized spacial score (nSPS) is 21.2. The summed E-state index contributed by atoms with van der Waals surface area (Å²) in [5.41, 5.74) is 0.911. The molecule has 0 bridgehead atoms. The Morgan fingerprint density at radius 3 is 2.81 bits per heavy atom. The number of methoxy groups -OCH3 is 1. The molecule has 26 heavy (non-hydrogen) atoms. The van der Waals surface area contributed by atoms with E-state index in [1.54, 1.807) is 7.11 Å². The monoisotopic (exact) mass is 374 g/mol. The van der Waals surface area contributed by atoms with Crippen LogP contribution in [0.1, 0.15) is 51.0 Å². The number of nitrogens with zero attached hydrogens (tertiary/aromatic N) is 1. The van der Waals surface area contributed by atoms with Crippen molar-refractivity contribution < 1.29 is 14.3 Å². The fourth-order valence-corrected chi connectivity index (χ4v) is 4.02. The highest BCUT2D eigenvalue weighted by atomic mass is 32.2. The van der Waals surface area contributed by atoms with Crippen molar-refractivity contribution in [3.63, 3.8) is 0 Å². The van der Waals surface area contributed by atoms with Gasteiger partial charge in [0, 0.05) is 0 Å². The van der Waals surface area contributed by atoms with Gasteiger partial charge in [0.15, 0.2) is 16.7 Å². The number of amidine groups is 1. The minimum Gasteiger partial charge on any atom is -0.493 e. The minimum atomic E-state index is -0.0867. The molecule has 3 rings (SSSR count). The Hall–Kier alpha value is -1.95. The molecule has 1 aromatic rings. The van der Waals surface area contributed by atoms with Gasteiger partial charge in [0.25, 0.3) is 5.91 Å². The third-order valence-corrected chi connectivity index (χ3v) is 5.40. The molecule has 6 heteroatoms. The highest BCUT2D eigenvalue weighted by Crippen LogP contribution is 2.32. The summed E-state index contributed by atoms with van der Waals surface area (Å²) in [6.45, 7) is 2.69. The van der Waals surface area contributed by atoms with Gasteiger partial charge in [-0.3, -0.25) is 9.79 Å². The minimum absolute atomic E-state index is 0.0867. The summed E-state index contributed by atoms with van der Waals surface area (Å²) in [5, 5.41) is 3.62. The molecule has 1 amide bonds. The zero-order valence-electron chi connectivity index (χ0n) is 15.4. The maximum absolute atomic E-state index is 12.3. The van der Waals surface area contributed by atoms with E-state index in [4.69, 9.17) is 14.5 Å². The summed E-state index contributed by atoms with van der Waals surface area (Å²) >= 11 is 1.42. The molecular formula is C20H26N2O3S. The Kier molecular flexibility index (Phi) is 6.61. The van der Waals surface area contributed by atoms with Crippen molar-refractivity contribution in [2.45, 2.75) is 51.5 Å². The predicted octanol–water partition coefficient (Wildman–Crippen LogP) is 4.38. The van der Waals surface area contributed by atoms with Crippen molar-refractivity contribution in [1.82, 2.24) is 5.32 Å². The Morgan fingerprint density at radius 1 is 1.27 bits per heavy atom. The van der Waals surface area contributed by atoms with E-state index >= 15 is 0 Å². The number of hydrogen-bond donors (Lipinski definition) is 1. The van der Waals surface area contributed by atoms with Crippen LogP contribution >= 0.6 is 11.8 Å². The summed E-state index contributed by atoms with van der Waals surface area (Å²) < 4.78 is 11.1. The quantitative estimate of drug-likeness (QED) is 0.751. The molecule has 0 spiro atoms. The molecule has 0 unspecified atom stereocenters. The average molecular weight is 375 g/mol. The van der Waals surface area contributed by atoms with Crippen molar-refractivity contribution >= 4 is 28.9 Å². The van der Waals surface area contributed by atoms with E-state index < -0.39 is 0 Å². The van der Waals surface area contributed by atoms with Crippen molar-refractivity contribution in [2.75, 3.05) is 13.7 Å². The Morgan fingerprint density at radius 2 is 2.08 bits per heavy atom. The highest BCUT2D eigenvalue weighted by molar-refractivity contribution is 8.18. The van der Waals surface area contributed by atoms with Crippen LogP contribution in [0.15, 0.2) is 28.1 Å². The van der Waals surface area contributed by atoms with E-state index in [0.717, 1.165) is 30.0 Å². The lowest BCUT2D eigenvalue weighted by molar-refractivity contribution is -0.115. The number of amides is 1. The molecule has 1 N–H and O–H groups in total. The second kappa shape index (κ2) is 9.12. The molecular weight excluding hydrogens is 348 g/mol. The van der Waals surface area contributed by atoms with Crippen LogP contribution in [0.5, 0.6) is 11.5 Å². The SMILES string of the molecule is CCCOc1cc(/C=C2\SC(=NC3CCCCC3)NC2=O)ccc1OC. The molecule has 1 heterocycles. The van der Waals surface area contributed by atoms with E-state index in [9.17, 15) is 4.79 Å². The number of thioether (sulfide) groups is 1. The molecule has 1 aliphatic heterocycles. The van der Waals surface area contributed by atoms with Gasteiger partial charge >= 0.3 is 0 Å². The first-order valence-electron chi connectivity index (χ1n) is 9.29. The number of nitrogens with one attached hydrogen (secondary N) is 1. The molecule has 0 radical (unpaired) electrons. The molecule has 1 aliphatic carbocycles. The van der Waals surface area contributed by atoms with Crippen molar-refractivity contribution in [1.29, 1.82) is 0 Å². The van der Waals surface area contributed by atoms with Gasteiger partial charge in [-0.15, -0.1) is 0 Å².